The Bertz CT molecular complexity index is 1180. The van der Waals surface area contributed by atoms with Crippen molar-refractivity contribution in [3.05, 3.63) is 45.8 Å². The summed E-state index contributed by atoms with van der Waals surface area (Å²) >= 11 is 1.45. The average molecular weight is 521 g/mol. The Hall–Kier alpha value is -2.31. The Morgan fingerprint density at radius 2 is 1.74 bits per heavy atom. The van der Waals surface area contributed by atoms with Gasteiger partial charge in [-0.05, 0) is 57.1 Å². The van der Waals surface area contributed by atoms with E-state index in [0.29, 0.717) is 55.5 Å². The van der Waals surface area contributed by atoms with E-state index in [1.165, 1.54) is 39.9 Å². The minimum absolute atomic E-state index is 0.0701. The fourth-order valence-corrected chi connectivity index (χ4v) is 7.13. The van der Waals surface area contributed by atoms with Crippen LogP contribution in [0.2, 0.25) is 0 Å². The van der Waals surface area contributed by atoms with Gasteiger partial charge < -0.3 is 19.9 Å². The number of benzene rings is 1. The molecule has 2 aliphatic heterocycles. The SMILES string of the molecule is CCN(CC)C(=O)c1c(NC(=O)c2ccc(S(=O)(=O)N3CCOCC3)cc2)sc2c1CCN(C)C2. The van der Waals surface area contributed by atoms with Crippen LogP contribution in [0.15, 0.2) is 29.2 Å². The number of carbonyl (C=O) groups is 2. The van der Waals surface area contributed by atoms with Crippen molar-refractivity contribution in [3.63, 3.8) is 0 Å². The Kier molecular flexibility index (Phi) is 7.92. The number of nitrogens with one attached hydrogen (secondary N) is 1. The molecule has 190 valence electrons. The molecule has 0 saturated carbocycles. The van der Waals surface area contributed by atoms with Crippen LogP contribution in [0.1, 0.15) is 45.0 Å². The lowest BCUT2D eigenvalue weighted by Gasteiger charge is -2.26. The fraction of sp³-hybridized carbons (Fsp3) is 0.500. The van der Waals surface area contributed by atoms with Gasteiger partial charge in [0.05, 0.1) is 23.7 Å². The fourth-order valence-electron chi connectivity index (χ4n) is 4.40. The molecule has 1 aromatic carbocycles. The number of likely N-dealkylation sites (N-methyl/N-ethyl adjacent to an activating group) is 1. The second kappa shape index (κ2) is 10.8. The molecular weight excluding hydrogens is 488 g/mol. The molecule has 0 spiro atoms. The van der Waals surface area contributed by atoms with E-state index in [9.17, 15) is 18.0 Å². The highest BCUT2D eigenvalue weighted by Crippen LogP contribution is 2.38. The van der Waals surface area contributed by atoms with E-state index in [4.69, 9.17) is 4.74 Å². The van der Waals surface area contributed by atoms with Crippen LogP contribution in [-0.2, 0) is 27.7 Å². The van der Waals surface area contributed by atoms with Gasteiger partial charge in [0.25, 0.3) is 11.8 Å². The molecule has 1 N–H and O–H groups in total. The first-order valence-corrected chi connectivity index (χ1v) is 14.1. The molecule has 2 aliphatic rings. The predicted octanol–water partition coefficient (Wildman–Crippen LogP) is 2.49. The molecular formula is C24H32N4O5S2. The van der Waals surface area contributed by atoms with Gasteiger partial charge in [-0.1, -0.05) is 0 Å². The van der Waals surface area contributed by atoms with Crippen LogP contribution in [-0.4, -0.2) is 87.3 Å². The number of anilines is 1. The highest BCUT2D eigenvalue weighted by molar-refractivity contribution is 7.89. The number of hydrogen-bond acceptors (Lipinski definition) is 7. The number of amides is 2. The molecule has 4 rings (SSSR count). The van der Waals surface area contributed by atoms with E-state index >= 15 is 0 Å². The minimum Gasteiger partial charge on any atom is -0.379 e. The Balaban J connectivity index is 1.58. The third kappa shape index (κ3) is 5.29. The van der Waals surface area contributed by atoms with Gasteiger partial charge in [-0.2, -0.15) is 4.31 Å². The van der Waals surface area contributed by atoms with E-state index < -0.39 is 10.0 Å². The Morgan fingerprint density at radius 3 is 2.37 bits per heavy atom. The van der Waals surface area contributed by atoms with Crippen molar-refractivity contribution in [2.75, 3.05) is 58.3 Å². The molecule has 0 aliphatic carbocycles. The smallest absolute Gasteiger partial charge is 0.257 e. The summed E-state index contributed by atoms with van der Waals surface area (Å²) in [6.07, 6.45) is 0.759. The second-order valence-electron chi connectivity index (χ2n) is 8.67. The standard InChI is InChI=1S/C24H32N4O5S2/c1-4-27(5-2)24(30)21-19-10-11-26(3)16-20(19)34-23(21)25-22(29)17-6-8-18(9-7-17)35(31,32)28-12-14-33-15-13-28/h6-9H,4-5,10-16H2,1-3H3,(H,25,29). The van der Waals surface area contributed by atoms with Gasteiger partial charge in [0.1, 0.15) is 5.00 Å². The maximum absolute atomic E-state index is 13.4. The molecule has 1 aromatic heterocycles. The molecule has 3 heterocycles. The summed E-state index contributed by atoms with van der Waals surface area (Å²) in [5.74, 6) is -0.444. The molecule has 9 nitrogen and oxygen atoms in total. The molecule has 1 fully saturated rings. The predicted molar refractivity (Wildman–Crippen MR) is 136 cm³/mol. The first-order chi connectivity index (χ1) is 16.8. The normalized spacial score (nSPS) is 17.1. The summed E-state index contributed by atoms with van der Waals surface area (Å²) < 4.78 is 32.4. The number of ether oxygens (including phenoxy) is 1. The Labute approximate surface area is 210 Å². The van der Waals surface area contributed by atoms with Crippen molar-refractivity contribution in [2.45, 2.75) is 31.7 Å². The number of carbonyl (C=O) groups excluding carboxylic acids is 2. The molecule has 2 aromatic rings. The van der Waals surface area contributed by atoms with Crippen molar-refractivity contribution >= 4 is 38.2 Å². The first kappa shape index (κ1) is 25.8. The number of fused-ring (bicyclic) bond motifs is 1. The number of rotatable bonds is 7. The van der Waals surface area contributed by atoms with Gasteiger partial charge in [0.2, 0.25) is 10.0 Å². The largest absolute Gasteiger partial charge is 0.379 e. The zero-order valence-electron chi connectivity index (χ0n) is 20.4. The van der Waals surface area contributed by atoms with Crippen molar-refractivity contribution in [1.29, 1.82) is 0 Å². The lowest BCUT2D eigenvalue weighted by molar-refractivity contribution is 0.0730. The van der Waals surface area contributed by atoms with Gasteiger partial charge in [0, 0.05) is 49.7 Å². The minimum atomic E-state index is -3.64. The maximum atomic E-state index is 13.4. The van der Waals surface area contributed by atoms with Crippen LogP contribution in [0.3, 0.4) is 0 Å². The van der Waals surface area contributed by atoms with Crippen molar-refractivity contribution in [2.24, 2.45) is 0 Å². The molecule has 1 saturated heterocycles. The van der Waals surface area contributed by atoms with Crippen molar-refractivity contribution < 1.29 is 22.7 Å². The molecule has 2 amide bonds. The topological polar surface area (TPSA) is 99.3 Å². The van der Waals surface area contributed by atoms with Crippen LogP contribution in [0.5, 0.6) is 0 Å². The second-order valence-corrected chi connectivity index (χ2v) is 11.7. The third-order valence-corrected chi connectivity index (χ3v) is 9.51. The summed E-state index contributed by atoms with van der Waals surface area (Å²) in [5.41, 5.74) is 1.93. The number of sulfonamides is 1. The summed E-state index contributed by atoms with van der Waals surface area (Å²) in [6.45, 7) is 8.02. The van der Waals surface area contributed by atoms with E-state index in [1.807, 2.05) is 20.9 Å². The van der Waals surface area contributed by atoms with Gasteiger partial charge in [-0.25, -0.2) is 8.42 Å². The van der Waals surface area contributed by atoms with E-state index in [2.05, 4.69) is 10.2 Å². The average Bonchev–Trinajstić information content (AvgIpc) is 3.21. The number of morpholine rings is 1. The molecule has 35 heavy (non-hydrogen) atoms. The summed E-state index contributed by atoms with van der Waals surface area (Å²) in [5, 5.41) is 3.49. The van der Waals surface area contributed by atoms with Gasteiger partial charge in [-0.15, -0.1) is 11.3 Å². The monoisotopic (exact) mass is 520 g/mol. The van der Waals surface area contributed by atoms with Crippen LogP contribution in [0, 0.1) is 0 Å². The lowest BCUT2D eigenvalue weighted by Crippen LogP contribution is -2.40. The molecule has 0 unspecified atom stereocenters. The van der Waals surface area contributed by atoms with Crippen LogP contribution in [0.4, 0.5) is 5.00 Å². The van der Waals surface area contributed by atoms with Gasteiger partial charge >= 0.3 is 0 Å². The van der Waals surface area contributed by atoms with E-state index in [0.717, 1.165) is 30.0 Å². The van der Waals surface area contributed by atoms with Crippen molar-refractivity contribution in [3.8, 4) is 0 Å². The Morgan fingerprint density at radius 1 is 1.09 bits per heavy atom. The van der Waals surface area contributed by atoms with E-state index in [1.54, 1.807) is 4.90 Å². The lowest BCUT2D eigenvalue weighted by atomic mass is 10.0. The number of thiophene rings is 1. The summed E-state index contributed by atoms with van der Waals surface area (Å²) in [4.78, 5) is 31.7. The van der Waals surface area contributed by atoms with Gasteiger partial charge in [0.15, 0.2) is 0 Å². The molecule has 0 radical (unpaired) electrons. The van der Waals surface area contributed by atoms with Crippen molar-refractivity contribution in [1.82, 2.24) is 14.1 Å². The number of nitrogens with zero attached hydrogens (tertiary/aromatic N) is 3. The number of hydrogen-bond donors (Lipinski definition) is 1. The highest BCUT2D eigenvalue weighted by Gasteiger charge is 2.30. The maximum Gasteiger partial charge on any atom is 0.257 e. The van der Waals surface area contributed by atoms with Crippen LogP contribution >= 0.6 is 11.3 Å². The van der Waals surface area contributed by atoms with E-state index in [-0.39, 0.29) is 16.7 Å². The molecule has 11 heteroatoms. The summed E-state index contributed by atoms with van der Waals surface area (Å²) in [6, 6.07) is 5.93. The van der Waals surface area contributed by atoms with Crippen LogP contribution in [0.25, 0.3) is 0 Å². The molecule has 0 atom stereocenters. The zero-order chi connectivity index (χ0) is 25.2. The zero-order valence-corrected chi connectivity index (χ0v) is 22.0. The highest BCUT2D eigenvalue weighted by atomic mass is 32.2. The molecule has 0 bridgehead atoms. The van der Waals surface area contributed by atoms with Crippen LogP contribution < -0.4 is 5.32 Å². The quantitative estimate of drug-likeness (QED) is 0.602. The first-order valence-electron chi connectivity index (χ1n) is 11.9. The summed E-state index contributed by atoms with van der Waals surface area (Å²) in [7, 11) is -1.59. The third-order valence-electron chi connectivity index (χ3n) is 6.46. The van der Waals surface area contributed by atoms with Gasteiger partial charge in [-0.3, -0.25) is 9.59 Å².